The molecule has 2 heterocycles. The Hall–Kier alpha value is -3.15. The zero-order chi connectivity index (χ0) is 17.8. The van der Waals surface area contributed by atoms with E-state index in [1.165, 1.54) is 0 Å². The molecule has 6 heteroatoms. The van der Waals surface area contributed by atoms with Crippen LogP contribution in [-0.2, 0) is 16.0 Å². The summed E-state index contributed by atoms with van der Waals surface area (Å²) < 4.78 is 6.84. The summed E-state index contributed by atoms with van der Waals surface area (Å²) in [6.45, 7) is 4.07. The fourth-order valence-corrected chi connectivity index (χ4v) is 2.56. The summed E-state index contributed by atoms with van der Waals surface area (Å²) in [6, 6.07) is 10.5. The average molecular weight is 337 g/mol. The molecular formula is C19H19N3O3. The first-order valence-corrected chi connectivity index (χ1v) is 8.07. The second-order valence-corrected chi connectivity index (χ2v) is 5.68. The molecule has 3 rings (SSSR count). The van der Waals surface area contributed by atoms with E-state index < -0.39 is 0 Å². The van der Waals surface area contributed by atoms with Crippen molar-refractivity contribution in [3.8, 4) is 0 Å². The standard InChI is InChI=1S/C19H19N3O3/c1-3-25-19(24)14-6-8-15(9-7-14)20-17(23)11-16-12-22-10-4-5-13(2)18(22)21-16/h4-10,12H,3,11H2,1-2H3,(H,20,23). The number of aromatic nitrogens is 2. The summed E-state index contributed by atoms with van der Waals surface area (Å²) in [7, 11) is 0. The van der Waals surface area contributed by atoms with E-state index in [1.54, 1.807) is 31.2 Å². The van der Waals surface area contributed by atoms with Gasteiger partial charge in [-0.15, -0.1) is 0 Å². The van der Waals surface area contributed by atoms with Gasteiger partial charge in [-0.25, -0.2) is 9.78 Å². The number of nitrogens with one attached hydrogen (secondary N) is 1. The van der Waals surface area contributed by atoms with Gasteiger partial charge in [0.1, 0.15) is 5.65 Å². The lowest BCUT2D eigenvalue weighted by molar-refractivity contribution is -0.115. The van der Waals surface area contributed by atoms with Crippen LogP contribution < -0.4 is 5.32 Å². The quantitative estimate of drug-likeness (QED) is 0.727. The molecule has 1 amide bonds. The highest BCUT2D eigenvalue weighted by atomic mass is 16.5. The Balaban J connectivity index is 1.65. The number of amides is 1. The molecule has 1 N–H and O–H groups in total. The number of pyridine rings is 1. The Morgan fingerprint density at radius 2 is 1.96 bits per heavy atom. The lowest BCUT2D eigenvalue weighted by Crippen LogP contribution is -2.14. The molecule has 0 unspecified atom stereocenters. The molecule has 0 aliphatic rings. The van der Waals surface area contributed by atoms with Crippen LogP contribution in [0.3, 0.4) is 0 Å². The minimum absolute atomic E-state index is 0.162. The van der Waals surface area contributed by atoms with E-state index in [4.69, 9.17) is 4.74 Å². The van der Waals surface area contributed by atoms with E-state index in [0.717, 1.165) is 11.2 Å². The number of imidazole rings is 1. The van der Waals surface area contributed by atoms with Crippen LogP contribution >= 0.6 is 0 Å². The minimum atomic E-state index is -0.375. The number of fused-ring (bicyclic) bond motifs is 1. The van der Waals surface area contributed by atoms with E-state index in [0.29, 0.717) is 23.6 Å². The number of aryl methyl sites for hydroxylation is 1. The van der Waals surface area contributed by atoms with Gasteiger partial charge in [-0.2, -0.15) is 0 Å². The molecular weight excluding hydrogens is 318 g/mol. The van der Waals surface area contributed by atoms with Crippen molar-refractivity contribution in [2.75, 3.05) is 11.9 Å². The van der Waals surface area contributed by atoms with E-state index in [-0.39, 0.29) is 18.3 Å². The molecule has 128 valence electrons. The van der Waals surface area contributed by atoms with Crippen LogP contribution in [0.15, 0.2) is 48.8 Å². The van der Waals surface area contributed by atoms with Gasteiger partial charge in [0.2, 0.25) is 5.91 Å². The van der Waals surface area contributed by atoms with E-state index in [9.17, 15) is 9.59 Å². The molecule has 0 aliphatic carbocycles. The number of esters is 1. The smallest absolute Gasteiger partial charge is 0.338 e. The summed E-state index contributed by atoms with van der Waals surface area (Å²) >= 11 is 0. The van der Waals surface area contributed by atoms with Gasteiger partial charge in [-0.3, -0.25) is 4.79 Å². The average Bonchev–Trinajstić information content (AvgIpc) is 2.99. The third kappa shape index (κ3) is 3.85. The molecule has 0 atom stereocenters. The molecule has 0 bridgehead atoms. The maximum Gasteiger partial charge on any atom is 0.338 e. The Morgan fingerprint density at radius 1 is 1.20 bits per heavy atom. The van der Waals surface area contributed by atoms with Gasteiger partial charge in [-0.05, 0) is 49.7 Å². The predicted octanol–water partition coefficient (Wildman–Crippen LogP) is 3.00. The Morgan fingerprint density at radius 3 is 2.64 bits per heavy atom. The Labute approximate surface area is 145 Å². The van der Waals surface area contributed by atoms with Gasteiger partial charge in [-0.1, -0.05) is 6.07 Å². The third-order valence-electron chi connectivity index (χ3n) is 3.75. The normalized spacial score (nSPS) is 10.6. The molecule has 0 fully saturated rings. The largest absolute Gasteiger partial charge is 0.462 e. The topological polar surface area (TPSA) is 72.7 Å². The fourth-order valence-electron chi connectivity index (χ4n) is 2.56. The van der Waals surface area contributed by atoms with Crippen molar-refractivity contribution >= 4 is 23.2 Å². The predicted molar refractivity (Wildman–Crippen MR) is 94.7 cm³/mol. The van der Waals surface area contributed by atoms with Crippen LogP contribution in [0.25, 0.3) is 5.65 Å². The SMILES string of the molecule is CCOC(=O)c1ccc(NC(=O)Cc2cn3cccc(C)c3n2)cc1. The van der Waals surface area contributed by atoms with Crippen molar-refractivity contribution in [1.29, 1.82) is 0 Å². The summed E-state index contributed by atoms with van der Waals surface area (Å²) in [5.74, 6) is -0.537. The molecule has 0 spiro atoms. The van der Waals surface area contributed by atoms with Crippen molar-refractivity contribution < 1.29 is 14.3 Å². The zero-order valence-electron chi connectivity index (χ0n) is 14.2. The third-order valence-corrected chi connectivity index (χ3v) is 3.75. The Kier molecular flexibility index (Phi) is 4.79. The minimum Gasteiger partial charge on any atom is -0.462 e. The van der Waals surface area contributed by atoms with Gasteiger partial charge in [0.25, 0.3) is 0 Å². The molecule has 0 saturated carbocycles. The number of carbonyl (C=O) groups is 2. The number of benzene rings is 1. The summed E-state index contributed by atoms with van der Waals surface area (Å²) in [6.07, 6.45) is 3.94. The second-order valence-electron chi connectivity index (χ2n) is 5.68. The van der Waals surface area contributed by atoms with Crippen LogP contribution in [0, 0.1) is 6.92 Å². The molecule has 0 radical (unpaired) electrons. The number of hydrogen-bond acceptors (Lipinski definition) is 4. The van der Waals surface area contributed by atoms with E-state index in [2.05, 4.69) is 10.3 Å². The number of ether oxygens (including phenoxy) is 1. The monoisotopic (exact) mass is 337 g/mol. The first kappa shape index (κ1) is 16.7. The van der Waals surface area contributed by atoms with E-state index in [1.807, 2.05) is 35.9 Å². The highest BCUT2D eigenvalue weighted by molar-refractivity contribution is 5.93. The van der Waals surface area contributed by atoms with Crippen LogP contribution in [0.1, 0.15) is 28.5 Å². The van der Waals surface area contributed by atoms with Crippen LogP contribution in [-0.4, -0.2) is 27.9 Å². The molecule has 1 aromatic carbocycles. The van der Waals surface area contributed by atoms with Crippen molar-refractivity contribution in [2.45, 2.75) is 20.3 Å². The van der Waals surface area contributed by atoms with Gasteiger partial charge < -0.3 is 14.5 Å². The van der Waals surface area contributed by atoms with E-state index >= 15 is 0 Å². The summed E-state index contributed by atoms with van der Waals surface area (Å²) in [5.41, 5.74) is 3.69. The second kappa shape index (κ2) is 7.17. The first-order chi connectivity index (χ1) is 12.1. The molecule has 2 aromatic heterocycles. The molecule has 6 nitrogen and oxygen atoms in total. The zero-order valence-corrected chi connectivity index (χ0v) is 14.2. The fraction of sp³-hybridized carbons (Fsp3) is 0.211. The van der Waals surface area contributed by atoms with Gasteiger partial charge in [0.05, 0.1) is 24.3 Å². The number of anilines is 1. The van der Waals surface area contributed by atoms with Gasteiger partial charge >= 0.3 is 5.97 Å². The van der Waals surface area contributed by atoms with Crippen LogP contribution in [0.5, 0.6) is 0 Å². The lowest BCUT2D eigenvalue weighted by atomic mass is 10.2. The highest BCUT2D eigenvalue weighted by Gasteiger charge is 2.10. The molecule has 3 aromatic rings. The Bertz CT molecular complexity index is 913. The van der Waals surface area contributed by atoms with Crippen molar-refractivity contribution in [3.63, 3.8) is 0 Å². The van der Waals surface area contributed by atoms with Crippen molar-refractivity contribution in [2.24, 2.45) is 0 Å². The van der Waals surface area contributed by atoms with Gasteiger partial charge in [0, 0.05) is 18.1 Å². The molecule has 25 heavy (non-hydrogen) atoms. The number of nitrogens with zero attached hydrogens (tertiary/aromatic N) is 2. The highest BCUT2D eigenvalue weighted by Crippen LogP contribution is 2.13. The van der Waals surface area contributed by atoms with Crippen LogP contribution in [0.4, 0.5) is 5.69 Å². The van der Waals surface area contributed by atoms with Crippen molar-refractivity contribution in [1.82, 2.24) is 9.38 Å². The summed E-state index contributed by atoms with van der Waals surface area (Å²) in [5, 5.41) is 2.81. The number of hydrogen-bond donors (Lipinski definition) is 1. The maximum absolute atomic E-state index is 12.2. The number of carbonyl (C=O) groups excluding carboxylic acids is 2. The van der Waals surface area contributed by atoms with Crippen molar-refractivity contribution in [3.05, 3.63) is 65.6 Å². The lowest BCUT2D eigenvalue weighted by Gasteiger charge is -2.05. The maximum atomic E-state index is 12.2. The summed E-state index contributed by atoms with van der Waals surface area (Å²) in [4.78, 5) is 28.3. The molecule has 0 saturated heterocycles. The van der Waals surface area contributed by atoms with Gasteiger partial charge in [0.15, 0.2) is 0 Å². The number of rotatable bonds is 5. The molecule has 0 aliphatic heterocycles. The van der Waals surface area contributed by atoms with Crippen LogP contribution in [0.2, 0.25) is 0 Å². The first-order valence-electron chi connectivity index (χ1n) is 8.07.